The monoisotopic (exact) mass is 1120 g/mol. The van der Waals surface area contributed by atoms with E-state index in [1.165, 1.54) is 9.80 Å². The van der Waals surface area contributed by atoms with Crippen LogP contribution in [0.4, 0.5) is 0 Å². The topological polar surface area (TPSA) is 276 Å². The van der Waals surface area contributed by atoms with Gasteiger partial charge in [0.25, 0.3) is 0 Å². The molecule has 0 saturated carbocycles. The molecule has 0 heterocycles. The zero-order valence-corrected chi connectivity index (χ0v) is 46.0. The molecule has 0 aromatic rings. The fourth-order valence-electron chi connectivity index (χ4n) is 6.16. The molecular weight excluding hydrogens is 1040 g/mol. The Hall–Kier alpha value is -6.12. The van der Waals surface area contributed by atoms with Gasteiger partial charge in [0, 0.05) is 87.7 Å². The maximum Gasteiger partial charge on any atom is 0.365 e. The second-order valence-electron chi connectivity index (χ2n) is 16.9. The molecule has 0 aliphatic carbocycles. The van der Waals surface area contributed by atoms with E-state index in [0.29, 0.717) is 19.6 Å². The molecule has 4 unspecified atom stereocenters. The summed E-state index contributed by atoms with van der Waals surface area (Å²) >= 11 is 0. The summed E-state index contributed by atoms with van der Waals surface area (Å²) in [6.07, 6.45) is 8.17. The number of carbonyl (C=O) groups excluding carboxylic acids is 8. The van der Waals surface area contributed by atoms with Gasteiger partial charge in [-0.3, -0.25) is 58.3 Å². The first kappa shape index (κ1) is 72.9. The smallest absolute Gasteiger partial charge is 0.365 e. The minimum atomic E-state index is -0.868. The van der Waals surface area contributed by atoms with Crippen LogP contribution in [0, 0.1) is 0 Å². The van der Waals surface area contributed by atoms with Crippen LogP contribution in [0.25, 0.3) is 0 Å². The summed E-state index contributed by atoms with van der Waals surface area (Å²) in [4.78, 5) is 145. The van der Waals surface area contributed by atoms with Crippen molar-refractivity contribution in [3.8, 4) is 0 Å². The number of hydrogen-bond acceptors (Lipinski definition) is 27. The molecule has 0 saturated heterocycles. The van der Waals surface area contributed by atoms with Crippen LogP contribution >= 0.6 is 0 Å². The molecule has 0 spiro atoms. The number of ether oxygens (including phenoxy) is 5. The number of rotatable bonds is 54. The Morgan fingerprint density at radius 1 is 0.329 bits per heavy atom. The molecule has 0 radical (unpaired) electrons. The fourth-order valence-corrected chi connectivity index (χ4v) is 6.16. The van der Waals surface area contributed by atoms with Crippen LogP contribution in [0.5, 0.6) is 0 Å². The van der Waals surface area contributed by atoms with Gasteiger partial charge in [-0.2, -0.15) is 19.6 Å². The van der Waals surface area contributed by atoms with Crippen LogP contribution in [-0.2, 0) is 101 Å². The third kappa shape index (κ3) is 36.6. The lowest BCUT2D eigenvalue weighted by molar-refractivity contribution is -0.325. The second-order valence-corrected chi connectivity index (χ2v) is 16.9. The minimum absolute atomic E-state index is 0.0523. The normalized spacial score (nSPS) is 12.8. The Balaban J connectivity index is 6.93. The van der Waals surface area contributed by atoms with Crippen LogP contribution in [0.1, 0.15) is 27.7 Å². The minimum Gasteiger partial charge on any atom is -0.379 e. The molecule has 0 N–H and O–H groups in total. The molecule has 27 nitrogen and oxygen atoms in total. The van der Waals surface area contributed by atoms with E-state index >= 15 is 0 Å². The first-order chi connectivity index (χ1) is 37.8. The molecule has 0 aliphatic heterocycles. The van der Waals surface area contributed by atoms with Gasteiger partial charge in [-0.25, -0.2) is 29.0 Å². The maximum absolute atomic E-state index is 12.0. The number of hydrogen-bond donors (Lipinski definition) is 0. The fraction of sp³-hybridized carbons (Fsp3) is 0.538. The van der Waals surface area contributed by atoms with Crippen molar-refractivity contribution < 1.29 is 101 Å². The second kappa shape index (κ2) is 45.7. The van der Waals surface area contributed by atoms with E-state index in [9.17, 15) is 38.4 Å². The largest absolute Gasteiger partial charge is 0.379 e. The molecule has 0 fully saturated rings. The average Bonchev–Trinajstić information content (AvgIpc) is 3.44. The number of carbonyl (C=O) groups is 8. The van der Waals surface area contributed by atoms with Crippen molar-refractivity contribution in [1.82, 2.24) is 29.4 Å². The van der Waals surface area contributed by atoms with Crippen LogP contribution < -0.4 is 0 Å². The highest BCUT2D eigenvalue weighted by molar-refractivity contribution is 5.91. The van der Waals surface area contributed by atoms with Crippen LogP contribution in [0.3, 0.4) is 0 Å². The highest BCUT2D eigenvalue weighted by Crippen LogP contribution is 2.12. The summed E-state index contributed by atoms with van der Waals surface area (Å²) in [6.45, 7) is 34.1. The SMILES string of the molecule is C=CC(=O)COCN(COCC(=O)C=C)C(C)CN(CCOCCN(CC(C)N(COOC(=O)C=C)COOC(=O)C=C)CC(C)N(COOC(=O)C=C)COOC(=O)C=C)CC(C)N(COCC(=O)C=C)COCC(=O)C=C. The van der Waals surface area contributed by atoms with Crippen molar-refractivity contribution in [1.29, 1.82) is 0 Å². The first-order valence-electron chi connectivity index (χ1n) is 24.5. The Morgan fingerprint density at radius 2 is 0.544 bits per heavy atom. The highest BCUT2D eigenvalue weighted by atomic mass is 17.2. The van der Waals surface area contributed by atoms with Crippen molar-refractivity contribution in [2.45, 2.75) is 51.9 Å². The van der Waals surface area contributed by atoms with Crippen LogP contribution in [0.2, 0.25) is 0 Å². The van der Waals surface area contributed by atoms with Crippen LogP contribution in [-0.4, -0.2) is 233 Å². The zero-order valence-electron chi connectivity index (χ0n) is 46.0. The van der Waals surface area contributed by atoms with Crippen molar-refractivity contribution in [3.05, 3.63) is 101 Å². The van der Waals surface area contributed by atoms with Gasteiger partial charge in [-0.15, -0.1) is 0 Å². The molecular formula is C52H80N6O21. The van der Waals surface area contributed by atoms with E-state index in [1.807, 2.05) is 18.7 Å². The predicted molar refractivity (Wildman–Crippen MR) is 282 cm³/mol. The van der Waals surface area contributed by atoms with E-state index in [2.05, 4.69) is 57.5 Å². The molecule has 0 aromatic heterocycles. The van der Waals surface area contributed by atoms with E-state index in [1.54, 1.807) is 23.6 Å². The number of nitrogens with zero attached hydrogens (tertiary/aromatic N) is 6. The average molecular weight is 1130 g/mol. The summed E-state index contributed by atoms with van der Waals surface area (Å²) in [5.74, 6) is -4.82. The Labute approximate surface area is 462 Å². The van der Waals surface area contributed by atoms with Crippen molar-refractivity contribution >= 4 is 47.0 Å². The van der Waals surface area contributed by atoms with Gasteiger partial charge < -0.3 is 23.7 Å². The molecule has 0 aliphatic rings. The summed E-state index contributed by atoms with van der Waals surface area (Å²) in [6, 6.07) is -1.71. The summed E-state index contributed by atoms with van der Waals surface area (Å²) < 4.78 is 29.1. The predicted octanol–water partition coefficient (Wildman–Crippen LogP) is 1.76. The van der Waals surface area contributed by atoms with Gasteiger partial charge in [0.1, 0.15) is 80.3 Å². The van der Waals surface area contributed by atoms with Gasteiger partial charge in [0.05, 0.1) is 13.2 Å². The highest BCUT2D eigenvalue weighted by Gasteiger charge is 2.26. The standard InChI is InChI=1S/C52H80N6O21/c1-13-45(59)29-68-33-55(34-69-30-46(60)14-2)41(9)25-53(26-42(10)56(35-70-31-47(61)15-3)36-71-32-48(62)16-4)21-23-67-24-22-54(27-43(11)57(37-72-76-49(63)17-5)38-73-77-50(64)18-6)28-44(12)58(39-74-78-51(65)19-7)40-75-79-52(66)20-8/h13-20,41-44H,1-8,21-40H2,9-12H3. The summed E-state index contributed by atoms with van der Waals surface area (Å²) in [5, 5.41) is 0. The molecule has 27 heteroatoms. The van der Waals surface area contributed by atoms with E-state index in [-0.39, 0.29) is 148 Å². The lowest BCUT2D eigenvalue weighted by atomic mass is 10.2. The molecule has 444 valence electrons. The Bertz CT molecular complexity index is 1590. The van der Waals surface area contributed by atoms with Gasteiger partial charge >= 0.3 is 23.9 Å². The van der Waals surface area contributed by atoms with Gasteiger partial charge in [-0.05, 0) is 52.0 Å². The lowest BCUT2D eigenvalue weighted by Gasteiger charge is -2.37. The third-order valence-corrected chi connectivity index (χ3v) is 10.7. The third-order valence-electron chi connectivity index (χ3n) is 10.7. The maximum atomic E-state index is 12.0. The van der Waals surface area contributed by atoms with E-state index in [0.717, 1.165) is 48.6 Å². The molecule has 0 bridgehead atoms. The lowest BCUT2D eigenvalue weighted by Crippen LogP contribution is -2.50. The quantitative estimate of drug-likeness (QED) is 0.0276. The molecule has 0 aromatic carbocycles. The summed E-state index contributed by atoms with van der Waals surface area (Å²) in [7, 11) is 0. The Kier molecular flexibility index (Phi) is 42.2. The van der Waals surface area contributed by atoms with E-state index in [4.69, 9.17) is 62.8 Å². The van der Waals surface area contributed by atoms with Gasteiger partial charge in [-0.1, -0.05) is 52.6 Å². The van der Waals surface area contributed by atoms with Crippen molar-refractivity contribution in [2.75, 3.05) is 133 Å². The molecule has 4 atom stereocenters. The summed E-state index contributed by atoms with van der Waals surface area (Å²) in [5.41, 5.74) is 0. The van der Waals surface area contributed by atoms with Gasteiger partial charge in [0.15, 0.2) is 23.1 Å². The first-order valence-corrected chi connectivity index (χ1v) is 24.5. The molecule has 0 rings (SSSR count). The molecule has 79 heavy (non-hydrogen) atoms. The van der Waals surface area contributed by atoms with Crippen LogP contribution in [0.15, 0.2) is 101 Å². The number of ketones is 4. The Morgan fingerprint density at radius 3 is 0.747 bits per heavy atom. The van der Waals surface area contributed by atoms with E-state index < -0.39 is 36.0 Å². The molecule has 0 amide bonds. The van der Waals surface area contributed by atoms with Crippen molar-refractivity contribution in [2.24, 2.45) is 0 Å². The van der Waals surface area contributed by atoms with Crippen molar-refractivity contribution in [3.63, 3.8) is 0 Å². The van der Waals surface area contributed by atoms with Gasteiger partial charge in [0.2, 0.25) is 0 Å². The zero-order chi connectivity index (χ0) is 59.4.